The van der Waals surface area contributed by atoms with Crippen molar-refractivity contribution in [3.8, 4) is 0 Å². The first-order valence-electron chi connectivity index (χ1n) is 7.18. The average molecular weight is 310 g/mol. The fraction of sp³-hybridized carbons (Fsp3) is 0.500. The minimum absolute atomic E-state index is 0.212. The minimum atomic E-state index is -0.881. The third kappa shape index (κ3) is 3.76. The summed E-state index contributed by atoms with van der Waals surface area (Å²) < 4.78 is 0. The lowest BCUT2D eigenvalue weighted by Gasteiger charge is -2.31. The van der Waals surface area contributed by atoms with E-state index in [9.17, 15) is 14.7 Å². The molecule has 114 valence electrons. The van der Waals surface area contributed by atoms with Gasteiger partial charge in [0.1, 0.15) is 0 Å². The highest BCUT2D eigenvalue weighted by atomic mass is 35.5. The van der Waals surface area contributed by atoms with Gasteiger partial charge < -0.3 is 10.4 Å². The van der Waals surface area contributed by atoms with E-state index in [1.54, 1.807) is 18.2 Å². The smallest absolute Gasteiger partial charge is 0.307 e. The molecule has 1 fully saturated rings. The van der Waals surface area contributed by atoms with E-state index in [0.717, 1.165) is 12.0 Å². The van der Waals surface area contributed by atoms with Crippen molar-refractivity contribution < 1.29 is 14.7 Å². The Labute approximate surface area is 129 Å². The molecule has 0 spiro atoms. The van der Waals surface area contributed by atoms with Crippen LogP contribution in [0.1, 0.15) is 31.7 Å². The quantitative estimate of drug-likeness (QED) is 0.894. The Bertz CT molecular complexity index is 558. The first-order valence-corrected chi connectivity index (χ1v) is 7.56. The number of aryl methyl sites for hydroxylation is 1. The Kier molecular flexibility index (Phi) is 4.88. The Balaban J connectivity index is 2.10. The number of nitrogens with one attached hydrogen (secondary N) is 1. The molecule has 3 unspecified atom stereocenters. The number of carboxylic acid groups (broad SMARTS) is 1. The molecule has 1 aromatic carbocycles. The number of hydrogen-bond acceptors (Lipinski definition) is 2. The van der Waals surface area contributed by atoms with Gasteiger partial charge in [0, 0.05) is 10.7 Å². The predicted molar refractivity (Wildman–Crippen MR) is 82.4 cm³/mol. The molecule has 1 amide bonds. The zero-order valence-electron chi connectivity index (χ0n) is 12.2. The highest BCUT2D eigenvalue weighted by Gasteiger charge is 2.38. The largest absolute Gasteiger partial charge is 0.481 e. The van der Waals surface area contributed by atoms with Gasteiger partial charge in [0.15, 0.2) is 0 Å². The van der Waals surface area contributed by atoms with Crippen LogP contribution >= 0.6 is 11.6 Å². The molecule has 0 heterocycles. The van der Waals surface area contributed by atoms with Gasteiger partial charge in [-0.1, -0.05) is 18.5 Å². The van der Waals surface area contributed by atoms with E-state index in [-0.39, 0.29) is 5.91 Å². The molecule has 1 aromatic rings. The summed E-state index contributed by atoms with van der Waals surface area (Å²) in [7, 11) is 0. The zero-order valence-corrected chi connectivity index (χ0v) is 13.0. The van der Waals surface area contributed by atoms with Crippen molar-refractivity contribution in [2.24, 2.45) is 17.8 Å². The number of halogens is 1. The van der Waals surface area contributed by atoms with Crippen LogP contribution < -0.4 is 5.32 Å². The number of hydrogen-bond donors (Lipinski definition) is 2. The first-order chi connectivity index (χ1) is 9.88. The molecular weight excluding hydrogens is 290 g/mol. The van der Waals surface area contributed by atoms with E-state index < -0.39 is 17.8 Å². The maximum Gasteiger partial charge on any atom is 0.307 e. The Hall–Kier alpha value is -1.55. The highest BCUT2D eigenvalue weighted by molar-refractivity contribution is 6.31. The molecule has 0 radical (unpaired) electrons. The van der Waals surface area contributed by atoms with E-state index in [4.69, 9.17) is 11.6 Å². The van der Waals surface area contributed by atoms with Gasteiger partial charge in [-0.3, -0.25) is 9.59 Å². The molecule has 1 aliphatic carbocycles. The molecule has 5 heteroatoms. The summed E-state index contributed by atoms with van der Waals surface area (Å²) in [6.07, 6.45) is 2.07. The number of anilines is 1. The summed E-state index contributed by atoms with van der Waals surface area (Å²) in [6, 6.07) is 5.25. The molecule has 0 bridgehead atoms. The highest BCUT2D eigenvalue weighted by Crippen LogP contribution is 2.35. The Morgan fingerprint density at radius 2 is 2.00 bits per heavy atom. The van der Waals surface area contributed by atoms with Gasteiger partial charge in [0.2, 0.25) is 5.91 Å². The predicted octanol–water partition coefficient (Wildman–Crippen LogP) is 3.72. The fourth-order valence-corrected chi connectivity index (χ4v) is 3.04. The van der Waals surface area contributed by atoms with Crippen LogP contribution in [0.4, 0.5) is 5.69 Å². The van der Waals surface area contributed by atoms with Crippen molar-refractivity contribution in [2.75, 3.05) is 5.32 Å². The van der Waals surface area contributed by atoms with Crippen LogP contribution in [-0.2, 0) is 9.59 Å². The van der Waals surface area contributed by atoms with Crippen LogP contribution in [0.25, 0.3) is 0 Å². The molecule has 21 heavy (non-hydrogen) atoms. The number of carbonyl (C=O) groups is 2. The molecule has 1 aliphatic rings. The van der Waals surface area contributed by atoms with Gasteiger partial charge in [-0.05, 0) is 55.9 Å². The van der Waals surface area contributed by atoms with Gasteiger partial charge in [-0.25, -0.2) is 0 Å². The number of aliphatic carboxylic acids is 1. The summed E-state index contributed by atoms with van der Waals surface area (Å²) in [5, 5.41) is 12.8. The molecule has 2 rings (SSSR count). The zero-order chi connectivity index (χ0) is 15.6. The fourth-order valence-electron chi connectivity index (χ4n) is 2.93. The van der Waals surface area contributed by atoms with E-state index >= 15 is 0 Å². The standard InChI is InChI=1S/C16H20ClNO3/c1-9-3-5-12(13(7-9)16(20)21)15(19)18-11-4-6-14(17)10(2)8-11/h4,6,8-9,12-13H,3,5,7H2,1-2H3,(H,18,19)(H,20,21). The number of benzene rings is 1. The van der Waals surface area contributed by atoms with Crippen molar-refractivity contribution in [2.45, 2.75) is 33.1 Å². The number of carboxylic acids is 1. The second kappa shape index (κ2) is 6.48. The minimum Gasteiger partial charge on any atom is -0.481 e. The molecular formula is C16H20ClNO3. The molecule has 1 saturated carbocycles. The third-order valence-electron chi connectivity index (χ3n) is 4.19. The second-order valence-corrected chi connectivity index (χ2v) is 6.33. The van der Waals surface area contributed by atoms with Crippen molar-refractivity contribution in [3.63, 3.8) is 0 Å². The van der Waals surface area contributed by atoms with Crippen LogP contribution in [0.5, 0.6) is 0 Å². The molecule has 0 aliphatic heterocycles. The van der Waals surface area contributed by atoms with Crippen LogP contribution in [0.3, 0.4) is 0 Å². The molecule has 0 saturated heterocycles. The van der Waals surface area contributed by atoms with Crippen molar-refractivity contribution in [1.29, 1.82) is 0 Å². The lowest BCUT2D eigenvalue weighted by Crippen LogP contribution is -2.38. The summed E-state index contributed by atoms with van der Waals surface area (Å²) in [4.78, 5) is 23.7. The Morgan fingerprint density at radius 1 is 1.29 bits per heavy atom. The maximum absolute atomic E-state index is 12.4. The lowest BCUT2D eigenvalue weighted by atomic mass is 9.74. The van der Waals surface area contributed by atoms with Crippen molar-refractivity contribution >= 4 is 29.2 Å². The van der Waals surface area contributed by atoms with Gasteiger partial charge >= 0.3 is 5.97 Å². The summed E-state index contributed by atoms with van der Waals surface area (Å²) >= 11 is 5.96. The first kappa shape index (κ1) is 15.8. The van der Waals surface area contributed by atoms with Crippen LogP contribution in [0, 0.1) is 24.7 Å². The van der Waals surface area contributed by atoms with Gasteiger partial charge in [-0.15, -0.1) is 0 Å². The van der Waals surface area contributed by atoms with E-state index in [1.165, 1.54) is 0 Å². The summed E-state index contributed by atoms with van der Waals surface area (Å²) in [5.41, 5.74) is 1.53. The number of amides is 1. The van der Waals surface area contributed by atoms with Gasteiger partial charge in [0.25, 0.3) is 0 Å². The number of rotatable bonds is 3. The monoisotopic (exact) mass is 309 g/mol. The summed E-state index contributed by atoms with van der Waals surface area (Å²) in [6.45, 7) is 3.90. The maximum atomic E-state index is 12.4. The SMILES string of the molecule is Cc1cc(NC(=O)C2CCC(C)CC2C(=O)O)ccc1Cl. The second-order valence-electron chi connectivity index (χ2n) is 5.92. The van der Waals surface area contributed by atoms with Crippen LogP contribution in [-0.4, -0.2) is 17.0 Å². The summed E-state index contributed by atoms with van der Waals surface area (Å²) in [5.74, 6) is -1.80. The van der Waals surface area contributed by atoms with E-state index in [2.05, 4.69) is 5.32 Å². The Morgan fingerprint density at radius 3 is 2.62 bits per heavy atom. The number of carbonyl (C=O) groups excluding carboxylic acids is 1. The third-order valence-corrected chi connectivity index (χ3v) is 4.62. The van der Waals surface area contributed by atoms with Crippen molar-refractivity contribution in [1.82, 2.24) is 0 Å². The van der Waals surface area contributed by atoms with E-state index in [0.29, 0.717) is 29.5 Å². The van der Waals surface area contributed by atoms with Gasteiger partial charge in [-0.2, -0.15) is 0 Å². The molecule has 2 N–H and O–H groups in total. The topological polar surface area (TPSA) is 66.4 Å². The van der Waals surface area contributed by atoms with Gasteiger partial charge in [0.05, 0.1) is 11.8 Å². The van der Waals surface area contributed by atoms with Crippen molar-refractivity contribution in [3.05, 3.63) is 28.8 Å². The normalized spacial score (nSPS) is 25.4. The van der Waals surface area contributed by atoms with E-state index in [1.807, 2.05) is 13.8 Å². The lowest BCUT2D eigenvalue weighted by molar-refractivity contribution is -0.148. The molecule has 3 atom stereocenters. The molecule has 4 nitrogen and oxygen atoms in total. The van der Waals surface area contributed by atoms with Crippen LogP contribution in [0.2, 0.25) is 5.02 Å². The molecule has 0 aromatic heterocycles. The average Bonchev–Trinajstić information content (AvgIpc) is 2.42. The van der Waals surface area contributed by atoms with Crippen LogP contribution in [0.15, 0.2) is 18.2 Å².